The molecule has 0 saturated heterocycles. The summed E-state index contributed by atoms with van der Waals surface area (Å²) in [7, 11) is 0. The van der Waals surface area contributed by atoms with Crippen molar-refractivity contribution < 1.29 is 13.9 Å². The van der Waals surface area contributed by atoms with E-state index < -0.39 is 11.7 Å². The molecule has 2 rings (SSSR count). The van der Waals surface area contributed by atoms with Crippen molar-refractivity contribution in [3.63, 3.8) is 0 Å². The molecule has 0 aliphatic heterocycles. The summed E-state index contributed by atoms with van der Waals surface area (Å²) in [5.74, 6) is -1.33. The molecule has 0 bridgehead atoms. The highest BCUT2D eigenvalue weighted by atomic mass is 19.1. The SMILES string of the molecule is N#Cc1ccc(Oc2cc(C(N)=O)ccc2N)c(F)c1. The monoisotopic (exact) mass is 271 g/mol. The lowest BCUT2D eigenvalue weighted by Gasteiger charge is -2.10. The van der Waals surface area contributed by atoms with Crippen molar-refractivity contribution >= 4 is 11.6 Å². The van der Waals surface area contributed by atoms with E-state index in [0.29, 0.717) is 0 Å². The van der Waals surface area contributed by atoms with E-state index in [2.05, 4.69) is 0 Å². The van der Waals surface area contributed by atoms with E-state index in [4.69, 9.17) is 21.5 Å². The Bertz CT molecular complexity index is 723. The van der Waals surface area contributed by atoms with Gasteiger partial charge < -0.3 is 16.2 Å². The summed E-state index contributed by atoms with van der Waals surface area (Å²) in [6.07, 6.45) is 0. The predicted molar refractivity (Wildman–Crippen MR) is 70.6 cm³/mol. The summed E-state index contributed by atoms with van der Waals surface area (Å²) in [6, 6.07) is 9.79. The number of hydrogen-bond donors (Lipinski definition) is 2. The minimum absolute atomic E-state index is 0.0997. The number of rotatable bonds is 3. The smallest absolute Gasteiger partial charge is 0.248 e. The van der Waals surface area contributed by atoms with Gasteiger partial charge in [-0.1, -0.05) is 0 Å². The molecule has 1 amide bonds. The lowest BCUT2D eigenvalue weighted by atomic mass is 10.2. The number of amides is 1. The quantitative estimate of drug-likeness (QED) is 0.835. The maximum Gasteiger partial charge on any atom is 0.248 e. The fourth-order valence-electron chi connectivity index (χ4n) is 1.55. The summed E-state index contributed by atoms with van der Waals surface area (Å²) < 4.78 is 19.0. The van der Waals surface area contributed by atoms with Gasteiger partial charge in [0.15, 0.2) is 17.3 Å². The Hall–Kier alpha value is -3.07. The molecule has 20 heavy (non-hydrogen) atoms. The standard InChI is InChI=1S/C14H10FN3O2/c15-10-5-8(7-16)1-4-12(10)20-13-6-9(14(18)19)2-3-11(13)17/h1-6H,17H2,(H2,18,19). The molecule has 0 saturated carbocycles. The molecule has 0 spiro atoms. The van der Waals surface area contributed by atoms with Crippen LogP contribution in [0, 0.1) is 17.1 Å². The Balaban J connectivity index is 2.37. The first-order chi connectivity index (χ1) is 9.51. The van der Waals surface area contributed by atoms with Crippen molar-refractivity contribution in [2.75, 3.05) is 5.73 Å². The average Bonchev–Trinajstić information content (AvgIpc) is 2.42. The van der Waals surface area contributed by atoms with Crippen LogP contribution in [-0.4, -0.2) is 5.91 Å². The second-order valence-corrected chi connectivity index (χ2v) is 3.98. The van der Waals surface area contributed by atoms with Gasteiger partial charge in [0.1, 0.15) is 0 Å². The summed E-state index contributed by atoms with van der Waals surface area (Å²) in [5.41, 5.74) is 11.4. The predicted octanol–water partition coefficient (Wildman–Crippen LogP) is 2.17. The van der Waals surface area contributed by atoms with Gasteiger partial charge in [0.25, 0.3) is 0 Å². The Morgan fingerprint density at radius 1 is 1.20 bits per heavy atom. The van der Waals surface area contributed by atoms with E-state index in [0.717, 1.165) is 6.07 Å². The van der Waals surface area contributed by atoms with Crippen molar-refractivity contribution in [3.8, 4) is 17.6 Å². The molecular formula is C14H10FN3O2. The Labute approximate surface area is 114 Å². The molecule has 0 heterocycles. The molecule has 0 unspecified atom stereocenters. The van der Waals surface area contributed by atoms with Crippen LogP contribution in [0.2, 0.25) is 0 Å². The number of hydrogen-bond acceptors (Lipinski definition) is 4. The lowest BCUT2D eigenvalue weighted by molar-refractivity contribution is 0.1000. The number of ether oxygens (including phenoxy) is 1. The van der Waals surface area contributed by atoms with Crippen LogP contribution in [0.15, 0.2) is 36.4 Å². The normalized spacial score (nSPS) is 9.80. The first kappa shape index (κ1) is 13.4. The molecule has 0 radical (unpaired) electrons. The summed E-state index contributed by atoms with van der Waals surface area (Å²) in [5, 5.41) is 8.66. The van der Waals surface area contributed by atoms with Crippen molar-refractivity contribution in [1.82, 2.24) is 0 Å². The first-order valence-electron chi connectivity index (χ1n) is 5.58. The number of nitrogens with two attached hydrogens (primary N) is 2. The van der Waals surface area contributed by atoms with Crippen LogP contribution in [0.5, 0.6) is 11.5 Å². The van der Waals surface area contributed by atoms with E-state index in [1.165, 1.54) is 30.3 Å². The molecule has 4 N–H and O–H groups in total. The lowest BCUT2D eigenvalue weighted by Crippen LogP contribution is -2.11. The van der Waals surface area contributed by atoms with Crippen molar-refractivity contribution in [2.45, 2.75) is 0 Å². The number of primary amides is 1. The van der Waals surface area contributed by atoms with Crippen LogP contribution < -0.4 is 16.2 Å². The summed E-state index contributed by atoms with van der Waals surface area (Å²) >= 11 is 0. The maximum absolute atomic E-state index is 13.7. The van der Waals surface area contributed by atoms with Gasteiger partial charge in [0, 0.05) is 5.56 Å². The number of anilines is 1. The van der Waals surface area contributed by atoms with Crippen LogP contribution in [-0.2, 0) is 0 Å². The van der Waals surface area contributed by atoms with E-state index in [-0.39, 0.29) is 28.3 Å². The molecule has 0 aliphatic rings. The molecule has 2 aromatic carbocycles. The maximum atomic E-state index is 13.7. The highest BCUT2D eigenvalue weighted by Gasteiger charge is 2.10. The van der Waals surface area contributed by atoms with Crippen LogP contribution in [0.1, 0.15) is 15.9 Å². The molecule has 2 aromatic rings. The fraction of sp³-hybridized carbons (Fsp3) is 0. The topological polar surface area (TPSA) is 102 Å². The van der Waals surface area contributed by atoms with Crippen molar-refractivity contribution in [2.24, 2.45) is 5.73 Å². The van der Waals surface area contributed by atoms with Crippen molar-refractivity contribution in [3.05, 3.63) is 53.3 Å². The highest BCUT2D eigenvalue weighted by molar-refractivity contribution is 5.93. The minimum atomic E-state index is -0.701. The summed E-state index contributed by atoms with van der Waals surface area (Å²) in [4.78, 5) is 11.1. The zero-order valence-corrected chi connectivity index (χ0v) is 10.3. The van der Waals surface area contributed by atoms with Crippen LogP contribution in [0.3, 0.4) is 0 Å². The molecule has 6 heteroatoms. The van der Waals surface area contributed by atoms with E-state index in [9.17, 15) is 9.18 Å². The van der Waals surface area contributed by atoms with Crippen LogP contribution in [0.4, 0.5) is 10.1 Å². The number of nitriles is 1. The zero-order chi connectivity index (χ0) is 14.7. The Kier molecular flexibility index (Phi) is 3.53. The Morgan fingerprint density at radius 3 is 2.55 bits per heavy atom. The van der Waals surface area contributed by atoms with Crippen molar-refractivity contribution in [1.29, 1.82) is 5.26 Å². The number of halogens is 1. The molecule has 0 atom stereocenters. The van der Waals surface area contributed by atoms with Gasteiger partial charge in [0.2, 0.25) is 5.91 Å². The number of carbonyl (C=O) groups excluding carboxylic acids is 1. The third-order valence-corrected chi connectivity index (χ3v) is 2.58. The van der Waals surface area contributed by atoms with Gasteiger partial charge in [-0.05, 0) is 36.4 Å². The third-order valence-electron chi connectivity index (χ3n) is 2.58. The molecule has 5 nitrogen and oxygen atoms in total. The van der Waals surface area contributed by atoms with Gasteiger partial charge in [-0.15, -0.1) is 0 Å². The number of nitrogen functional groups attached to an aromatic ring is 1. The van der Waals surface area contributed by atoms with Gasteiger partial charge in [-0.3, -0.25) is 4.79 Å². The number of nitrogens with zero attached hydrogens (tertiary/aromatic N) is 1. The van der Waals surface area contributed by atoms with E-state index >= 15 is 0 Å². The molecular weight excluding hydrogens is 261 g/mol. The molecule has 0 aromatic heterocycles. The number of carbonyl (C=O) groups is 1. The second-order valence-electron chi connectivity index (χ2n) is 3.98. The van der Waals surface area contributed by atoms with Crippen LogP contribution >= 0.6 is 0 Å². The molecule has 0 fully saturated rings. The summed E-state index contributed by atoms with van der Waals surface area (Å²) in [6.45, 7) is 0. The minimum Gasteiger partial charge on any atom is -0.452 e. The van der Waals surface area contributed by atoms with Crippen LogP contribution in [0.25, 0.3) is 0 Å². The molecule has 0 aliphatic carbocycles. The Morgan fingerprint density at radius 2 is 1.95 bits per heavy atom. The first-order valence-corrected chi connectivity index (χ1v) is 5.58. The second kappa shape index (κ2) is 5.28. The highest BCUT2D eigenvalue weighted by Crippen LogP contribution is 2.30. The molecule has 100 valence electrons. The largest absolute Gasteiger partial charge is 0.452 e. The fourth-order valence-corrected chi connectivity index (χ4v) is 1.55. The van der Waals surface area contributed by atoms with Gasteiger partial charge >= 0.3 is 0 Å². The van der Waals surface area contributed by atoms with Gasteiger partial charge in [-0.25, -0.2) is 4.39 Å². The van der Waals surface area contributed by atoms with E-state index in [1.54, 1.807) is 0 Å². The van der Waals surface area contributed by atoms with Gasteiger partial charge in [0.05, 0.1) is 17.3 Å². The third kappa shape index (κ3) is 2.67. The number of benzene rings is 2. The average molecular weight is 271 g/mol. The van der Waals surface area contributed by atoms with Gasteiger partial charge in [-0.2, -0.15) is 5.26 Å². The zero-order valence-electron chi connectivity index (χ0n) is 10.3. The van der Waals surface area contributed by atoms with E-state index in [1.807, 2.05) is 6.07 Å².